The first-order valence-electron chi connectivity index (χ1n) is 4.88. The average Bonchev–Trinajstić information content (AvgIpc) is 2.65. The highest BCUT2D eigenvalue weighted by Crippen LogP contribution is 2.37. The molecule has 1 aromatic carbocycles. The molecule has 1 heterocycles. The van der Waals surface area contributed by atoms with Gasteiger partial charge in [-0.05, 0) is 46.1 Å². The van der Waals surface area contributed by atoms with E-state index in [1.807, 2.05) is 19.2 Å². The molecule has 0 unspecified atom stereocenters. The molecule has 0 amide bonds. The number of benzene rings is 1. The molecule has 0 bridgehead atoms. The zero-order chi connectivity index (χ0) is 11.5. The molecule has 4 heteroatoms. The second kappa shape index (κ2) is 5.32. The summed E-state index contributed by atoms with van der Waals surface area (Å²) in [7, 11) is 1.93. The zero-order valence-electron chi connectivity index (χ0n) is 8.76. The van der Waals surface area contributed by atoms with Crippen LogP contribution in [0.2, 0.25) is 5.02 Å². The molecule has 84 valence electrons. The van der Waals surface area contributed by atoms with Crippen LogP contribution in [0.15, 0.2) is 34.1 Å². The van der Waals surface area contributed by atoms with Gasteiger partial charge in [0.05, 0.1) is 0 Å². The van der Waals surface area contributed by atoms with Gasteiger partial charge in [0.25, 0.3) is 0 Å². The van der Waals surface area contributed by atoms with Crippen molar-refractivity contribution in [2.45, 2.75) is 6.54 Å². The largest absolute Gasteiger partial charge is 0.316 e. The highest BCUT2D eigenvalue weighted by atomic mass is 79.9. The molecule has 0 aliphatic carbocycles. The molecule has 2 rings (SSSR count). The summed E-state index contributed by atoms with van der Waals surface area (Å²) in [5.74, 6) is 0. The van der Waals surface area contributed by atoms with Crippen molar-refractivity contribution in [1.29, 1.82) is 0 Å². The van der Waals surface area contributed by atoms with E-state index in [0.717, 1.165) is 21.6 Å². The first-order valence-corrected chi connectivity index (χ1v) is 6.94. The van der Waals surface area contributed by atoms with Gasteiger partial charge in [-0.25, -0.2) is 0 Å². The van der Waals surface area contributed by atoms with Crippen LogP contribution in [0.1, 0.15) is 5.56 Å². The van der Waals surface area contributed by atoms with E-state index in [2.05, 4.69) is 38.8 Å². The van der Waals surface area contributed by atoms with Crippen LogP contribution < -0.4 is 5.32 Å². The van der Waals surface area contributed by atoms with Crippen LogP contribution in [0.4, 0.5) is 0 Å². The average molecular weight is 317 g/mol. The first-order chi connectivity index (χ1) is 7.72. The third kappa shape index (κ3) is 2.48. The number of halogens is 2. The molecule has 0 atom stereocenters. The van der Waals surface area contributed by atoms with Gasteiger partial charge in [0.1, 0.15) is 0 Å². The second-order valence-electron chi connectivity index (χ2n) is 3.44. The Labute approximate surface area is 113 Å². The van der Waals surface area contributed by atoms with Crippen molar-refractivity contribution in [2.24, 2.45) is 0 Å². The van der Waals surface area contributed by atoms with Crippen molar-refractivity contribution in [3.8, 4) is 10.4 Å². The Morgan fingerprint density at radius 2 is 2.19 bits per heavy atom. The maximum atomic E-state index is 6.29. The molecule has 1 N–H and O–H groups in total. The Bertz CT molecular complexity index is 496. The van der Waals surface area contributed by atoms with E-state index in [4.69, 9.17) is 11.6 Å². The summed E-state index contributed by atoms with van der Waals surface area (Å²) in [6.07, 6.45) is 0. The van der Waals surface area contributed by atoms with Crippen molar-refractivity contribution < 1.29 is 0 Å². The fourth-order valence-corrected chi connectivity index (χ4v) is 3.52. The number of hydrogen-bond acceptors (Lipinski definition) is 2. The van der Waals surface area contributed by atoms with Gasteiger partial charge in [-0.3, -0.25) is 0 Å². The van der Waals surface area contributed by atoms with Gasteiger partial charge >= 0.3 is 0 Å². The van der Waals surface area contributed by atoms with Crippen molar-refractivity contribution >= 4 is 38.9 Å². The van der Waals surface area contributed by atoms with Crippen LogP contribution in [-0.2, 0) is 6.54 Å². The van der Waals surface area contributed by atoms with Gasteiger partial charge in [0.2, 0.25) is 0 Å². The summed E-state index contributed by atoms with van der Waals surface area (Å²) in [5.41, 5.74) is 2.28. The fourth-order valence-electron chi connectivity index (χ4n) is 1.54. The summed E-state index contributed by atoms with van der Waals surface area (Å²) in [4.78, 5) is 1.18. The predicted octanol–water partition coefficient (Wildman–Crippen LogP) is 4.55. The molecule has 0 aliphatic heterocycles. The molecule has 0 fully saturated rings. The van der Waals surface area contributed by atoms with E-state index in [0.29, 0.717) is 0 Å². The summed E-state index contributed by atoms with van der Waals surface area (Å²) in [5, 5.41) is 5.97. The van der Waals surface area contributed by atoms with Crippen LogP contribution in [0.25, 0.3) is 10.4 Å². The normalized spacial score (nSPS) is 10.7. The molecular weight excluding hydrogens is 306 g/mol. The molecular formula is C12H11BrClNS. The van der Waals surface area contributed by atoms with Crippen molar-refractivity contribution in [1.82, 2.24) is 5.32 Å². The smallest absolute Gasteiger partial charge is 0.0499 e. The lowest BCUT2D eigenvalue weighted by Crippen LogP contribution is -2.04. The Hall–Kier alpha value is -0.350. The van der Waals surface area contributed by atoms with Crippen molar-refractivity contribution in [3.63, 3.8) is 0 Å². The summed E-state index contributed by atoms with van der Waals surface area (Å²) >= 11 is 11.5. The van der Waals surface area contributed by atoms with Crippen molar-refractivity contribution in [2.75, 3.05) is 7.05 Å². The van der Waals surface area contributed by atoms with Crippen LogP contribution in [0.3, 0.4) is 0 Å². The Kier molecular flexibility index (Phi) is 4.03. The number of thiophene rings is 1. The monoisotopic (exact) mass is 315 g/mol. The number of nitrogens with one attached hydrogen (secondary N) is 1. The second-order valence-corrected chi connectivity index (χ2v) is 5.62. The zero-order valence-corrected chi connectivity index (χ0v) is 11.9. The SMILES string of the molecule is CNCc1ccc(-c2sccc2Br)c(Cl)c1. The molecule has 1 nitrogen and oxygen atoms in total. The minimum atomic E-state index is 0.802. The maximum Gasteiger partial charge on any atom is 0.0499 e. The third-order valence-electron chi connectivity index (χ3n) is 2.28. The minimum absolute atomic E-state index is 0.802. The van der Waals surface area contributed by atoms with E-state index in [1.54, 1.807) is 11.3 Å². The van der Waals surface area contributed by atoms with E-state index in [9.17, 15) is 0 Å². The van der Waals surface area contributed by atoms with E-state index in [1.165, 1.54) is 10.4 Å². The Morgan fingerprint density at radius 1 is 1.38 bits per heavy atom. The summed E-state index contributed by atoms with van der Waals surface area (Å²) in [6, 6.07) is 8.23. The fraction of sp³-hybridized carbons (Fsp3) is 0.167. The summed E-state index contributed by atoms with van der Waals surface area (Å²) < 4.78 is 1.10. The van der Waals surface area contributed by atoms with Gasteiger partial charge in [0, 0.05) is 26.5 Å². The first kappa shape index (κ1) is 12.1. The van der Waals surface area contributed by atoms with Crippen LogP contribution in [0.5, 0.6) is 0 Å². The Morgan fingerprint density at radius 3 is 2.75 bits per heavy atom. The lowest BCUT2D eigenvalue weighted by molar-refractivity contribution is 0.818. The lowest BCUT2D eigenvalue weighted by atomic mass is 10.1. The quantitative estimate of drug-likeness (QED) is 0.876. The maximum absolute atomic E-state index is 6.29. The lowest BCUT2D eigenvalue weighted by Gasteiger charge is -2.06. The van der Waals surface area contributed by atoms with Gasteiger partial charge < -0.3 is 5.32 Å². The third-order valence-corrected chi connectivity index (χ3v) is 4.46. The van der Waals surface area contributed by atoms with Crippen LogP contribution in [0, 0.1) is 0 Å². The van der Waals surface area contributed by atoms with E-state index >= 15 is 0 Å². The predicted molar refractivity (Wildman–Crippen MR) is 75.2 cm³/mol. The molecule has 16 heavy (non-hydrogen) atoms. The minimum Gasteiger partial charge on any atom is -0.316 e. The number of rotatable bonds is 3. The van der Waals surface area contributed by atoms with E-state index in [-0.39, 0.29) is 0 Å². The highest BCUT2D eigenvalue weighted by Gasteiger charge is 2.09. The molecule has 0 saturated heterocycles. The van der Waals surface area contributed by atoms with Crippen molar-refractivity contribution in [3.05, 3.63) is 44.7 Å². The standard InChI is InChI=1S/C12H11BrClNS/c1-15-7-8-2-3-9(11(14)6-8)12-10(13)4-5-16-12/h2-6,15H,7H2,1H3. The highest BCUT2D eigenvalue weighted by molar-refractivity contribution is 9.10. The van der Waals surface area contributed by atoms with Crippen LogP contribution in [-0.4, -0.2) is 7.05 Å². The van der Waals surface area contributed by atoms with Crippen LogP contribution >= 0.6 is 38.9 Å². The Balaban J connectivity index is 2.40. The molecule has 2 aromatic rings. The molecule has 0 radical (unpaired) electrons. The summed E-state index contributed by atoms with van der Waals surface area (Å²) in [6.45, 7) is 0.839. The van der Waals surface area contributed by atoms with Gasteiger partial charge in [-0.1, -0.05) is 23.7 Å². The molecule has 0 saturated carbocycles. The molecule has 1 aromatic heterocycles. The van der Waals surface area contributed by atoms with Gasteiger partial charge in [-0.15, -0.1) is 11.3 Å². The van der Waals surface area contributed by atoms with E-state index < -0.39 is 0 Å². The van der Waals surface area contributed by atoms with Gasteiger partial charge in [-0.2, -0.15) is 0 Å². The molecule has 0 spiro atoms. The molecule has 0 aliphatic rings. The van der Waals surface area contributed by atoms with Gasteiger partial charge in [0.15, 0.2) is 0 Å². The number of hydrogen-bond donors (Lipinski definition) is 1. The topological polar surface area (TPSA) is 12.0 Å².